The maximum atomic E-state index is 5.27. The zero-order valence-electron chi connectivity index (χ0n) is 27.0. The number of benzene rings is 8. The van der Waals surface area contributed by atoms with E-state index in [1.807, 2.05) is 11.3 Å². The lowest BCUT2D eigenvalue weighted by Gasteiger charge is -2.14. The van der Waals surface area contributed by atoms with Gasteiger partial charge in [0.05, 0.1) is 22.4 Å². The molecule has 3 aromatic heterocycles. The van der Waals surface area contributed by atoms with Gasteiger partial charge in [-0.25, -0.2) is 4.98 Å². The Kier molecular flexibility index (Phi) is 5.86. The fourth-order valence-corrected chi connectivity index (χ4v) is 9.36. The number of pyridine rings is 1. The van der Waals surface area contributed by atoms with Crippen molar-refractivity contribution in [1.29, 1.82) is 0 Å². The summed E-state index contributed by atoms with van der Waals surface area (Å²) in [6.45, 7) is 0. The summed E-state index contributed by atoms with van der Waals surface area (Å²) in [6, 6.07) is 61.8. The molecule has 0 unspecified atom stereocenters. The summed E-state index contributed by atoms with van der Waals surface area (Å²) < 4.78 is 5.01. The number of aromatic nitrogens is 2. The van der Waals surface area contributed by atoms with Gasteiger partial charge in [0.25, 0.3) is 0 Å². The quantitative estimate of drug-likeness (QED) is 0.174. The lowest BCUT2D eigenvalue weighted by atomic mass is 9.94. The van der Waals surface area contributed by atoms with E-state index in [1.165, 1.54) is 79.9 Å². The summed E-state index contributed by atoms with van der Waals surface area (Å²) in [5.74, 6) is 0. The van der Waals surface area contributed by atoms with E-state index in [0.717, 1.165) is 22.6 Å². The number of thiophene rings is 1. The molecule has 50 heavy (non-hydrogen) atoms. The number of para-hydroxylation sites is 1. The van der Waals surface area contributed by atoms with Crippen LogP contribution >= 0.6 is 11.3 Å². The molecule has 0 radical (unpaired) electrons. The van der Waals surface area contributed by atoms with Crippen molar-refractivity contribution < 1.29 is 0 Å². The normalized spacial score (nSPS) is 12.0. The Morgan fingerprint density at radius 2 is 0.980 bits per heavy atom. The van der Waals surface area contributed by atoms with Crippen molar-refractivity contribution in [3.8, 4) is 28.2 Å². The first-order valence-corrected chi connectivity index (χ1v) is 17.9. The largest absolute Gasteiger partial charge is 0.309 e. The highest BCUT2D eigenvalue weighted by molar-refractivity contribution is 7.26. The Morgan fingerprint density at radius 3 is 1.78 bits per heavy atom. The maximum absolute atomic E-state index is 5.27. The van der Waals surface area contributed by atoms with E-state index in [2.05, 4.69) is 174 Å². The van der Waals surface area contributed by atoms with E-state index in [4.69, 9.17) is 4.98 Å². The van der Waals surface area contributed by atoms with Crippen LogP contribution in [0.5, 0.6) is 0 Å². The first-order valence-electron chi connectivity index (χ1n) is 17.0. The van der Waals surface area contributed by atoms with Crippen LogP contribution in [0.3, 0.4) is 0 Å². The lowest BCUT2D eigenvalue weighted by molar-refractivity contribution is 1.19. The predicted octanol–water partition coefficient (Wildman–Crippen LogP) is 13.3. The molecule has 3 heteroatoms. The molecule has 0 aliphatic heterocycles. The maximum Gasteiger partial charge on any atom is 0.0723 e. The third-order valence-electron chi connectivity index (χ3n) is 10.4. The van der Waals surface area contributed by atoms with Gasteiger partial charge in [0.1, 0.15) is 0 Å². The fraction of sp³-hybridized carbons (Fsp3) is 0. The van der Waals surface area contributed by atoms with Crippen LogP contribution in [0.2, 0.25) is 0 Å². The SMILES string of the molecule is c1cc(-c2ccc3c(c2)c2ccccc2n3-c2ccc3c4ccccc4c4ccccc4c3c2)nc(-c2cccc3c2sc2ccccc23)c1. The minimum Gasteiger partial charge on any atom is -0.309 e. The molecule has 11 aromatic rings. The molecule has 0 atom stereocenters. The van der Waals surface area contributed by atoms with Crippen LogP contribution in [0.15, 0.2) is 170 Å². The van der Waals surface area contributed by atoms with Gasteiger partial charge in [0.15, 0.2) is 0 Å². The molecule has 0 spiro atoms. The minimum absolute atomic E-state index is 0.975. The standard InChI is InChI=1S/C47H28N2S/c1-2-13-33-31(11-1)32-12-3-4-14-34(32)40-28-30(24-25-35(33)40)49-44-21-7-5-15-36(44)41-27-29(23-26-45(41)49)42-19-10-20-43(48-42)39-18-9-17-38-37-16-6-8-22-46(37)50-47(38)39/h1-28H. The highest BCUT2D eigenvalue weighted by Crippen LogP contribution is 2.41. The van der Waals surface area contributed by atoms with Gasteiger partial charge in [-0.3, -0.25) is 0 Å². The summed E-state index contributed by atoms with van der Waals surface area (Å²) in [5, 5.41) is 12.8. The zero-order valence-corrected chi connectivity index (χ0v) is 27.8. The van der Waals surface area contributed by atoms with Gasteiger partial charge in [0.2, 0.25) is 0 Å². The molecular weight excluding hydrogens is 625 g/mol. The van der Waals surface area contributed by atoms with E-state index in [-0.39, 0.29) is 0 Å². The predicted molar refractivity (Wildman–Crippen MR) is 215 cm³/mol. The van der Waals surface area contributed by atoms with E-state index in [0.29, 0.717) is 0 Å². The van der Waals surface area contributed by atoms with E-state index in [1.54, 1.807) is 0 Å². The van der Waals surface area contributed by atoms with Gasteiger partial charge in [-0.2, -0.15) is 0 Å². The van der Waals surface area contributed by atoms with Crippen molar-refractivity contribution in [2.24, 2.45) is 0 Å². The van der Waals surface area contributed by atoms with Gasteiger partial charge in [0, 0.05) is 47.8 Å². The van der Waals surface area contributed by atoms with E-state index < -0.39 is 0 Å². The monoisotopic (exact) mass is 652 g/mol. The molecule has 2 nitrogen and oxygen atoms in total. The van der Waals surface area contributed by atoms with Crippen LogP contribution in [-0.2, 0) is 0 Å². The molecule has 0 N–H and O–H groups in total. The minimum atomic E-state index is 0.975. The second kappa shape index (κ2) is 10.6. The third kappa shape index (κ3) is 3.98. The number of nitrogens with zero attached hydrogens (tertiary/aromatic N) is 2. The van der Waals surface area contributed by atoms with Gasteiger partial charge < -0.3 is 4.57 Å². The Morgan fingerprint density at radius 1 is 0.380 bits per heavy atom. The highest BCUT2D eigenvalue weighted by Gasteiger charge is 2.17. The molecule has 0 bridgehead atoms. The van der Waals surface area contributed by atoms with Crippen LogP contribution in [0.4, 0.5) is 0 Å². The molecule has 0 saturated carbocycles. The van der Waals surface area contributed by atoms with Gasteiger partial charge >= 0.3 is 0 Å². The molecule has 0 aliphatic carbocycles. The van der Waals surface area contributed by atoms with Crippen molar-refractivity contribution in [3.63, 3.8) is 0 Å². The molecule has 11 rings (SSSR count). The van der Waals surface area contributed by atoms with Crippen LogP contribution in [0.25, 0.3) is 102 Å². The average molecular weight is 653 g/mol. The van der Waals surface area contributed by atoms with Crippen LogP contribution in [-0.4, -0.2) is 9.55 Å². The smallest absolute Gasteiger partial charge is 0.0723 e. The van der Waals surface area contributed by atoms with Crippen molar-refractivity contribution in [3.05, 3.63) is 170 Å². The molecule has 0 fully saturated rings. The second-order valence-electron chi connectivity index (χ2n) is 13.1. The number of hydrogen-bond acceptors (Lipinski definition) is 2. The highest BCUT2D eigenvalue weighted by atomic mass is 32.1. The summed E-state index contributed by atoms with van der Waals surface area (Å²) in [7, 11) is 0. The number of fused-ring (bicyclic) bond motifs is 12. The van der Waals surface area contributed by atoms with Crippen molar-refractivity contribution in [2.75, 3.05) is 0 Å². The van der Waals surface area contributed by atoms with Crippen molar-refractivity contribution in [2.45, 2.75) is 0 Å². The molecular formula is C47H28N2S. The second-order valence-corrected chi connectivity index (χ2v) is 14.1. The molecule has 0 saturated heterocycles. The topological polar surface area (TPSA) is 17.8 Å². The molecule has 3 heterocycles. The van der Waals surface area contributed by atoms with Gasteiger partial charge in [-0.05, 0) is 80.8 Å². The van der Waals surface area contributed by atoms with E-state index in [9.17, 15) is 0 Å². The summed E-state index contributed by atoms with van der Waals surface area (Å²) in [6.07, 6.45) is 0. The van der Waals surface area contributed by atoms with Crippen LogP contribution in [0.1, 0.15) is 0 Å². The van der Waals surface area contributed by atoms with Gasteiger partial charge in [-0.15, -0.1) is 11.3 Å². The molecule has 0 amide bonds. The summed E-state index contributed by atoms with van der Waals surface area (Å²) in [4.78, 5) is 5.27. The Bertz CT molecular complexity index is 3130. The zero-order chi connectivity index (χ0) is 32.8. The average Bonchev–Trinajstić information content (AvgIpc) is 3.73. The fourth-order valence-electron chi connectivity index (χ4n) is 8.14. The first-order chi connectivity index (χ1) is 24.8. The Hall–Kier alpha value is -6.29. The lowest BCUT2D eigenvalue weighted by Crippen LogP contribution is -1.94. The molecule has 0 aliphatic rings. The van der Waals surface area contributed by atoms with Crippen LogP contribution < -0.4 is 0 Å². The van der Waals surface area contributed by atoms with E-state index >= 15 is 0 Å². The number of hydrogen-bond donors (Lipinski definition) is 0. The van der Waals surface area contributed by atoms with Crippen molar-refractivity contribution >= 4 is 85.6 Å². The Balaban J connectivity index is 1.09. The molecule has 232 valence electrons. The summed E-state index contributed by atoms with van der Waals surface area (Å²) in [5.41, 5.74) is 7.81. The first kappa shape index (κ1) is 27.6. The molecule has 8 aromatic carbocycles. The Labute approximate surface area is 292 Å². The number of rotatable bonds is 3. The van der Waals surface area contributed by atoms with Crippen LogP contribution in [0, 0.1) is 0 Å². The summed E-state index contributed by atoms with van der Waals surface area (Å²) >= 11 is 1.85. The van der Waals surface area contributed by atoms with Crippen molar-refractivity contribution in [1.82, 2.24) is 9.55 Å². The van der Waals surface area contributed by atoms with Gasteiger partial charge in [-0.1, -0.05) is 121 Å². The third-order valence-corrected chi connectivity index (χ3v) is 11.6.